The number of nitrogens with one attached hydrogen (secondary N) is 2. The Kier molecular flexibility index (Phi) is 6.74. The Morgan fingerprint density at radius 2 is 1.66 bits per heavy atom. The first-order valence-corrected chi connectivity index (χ1v) is 11.0. The highest BCUT2D eigenvalue weighted by Gasteiger charge is 2.15. The molecule has 0 aliphatic rings. The van der Waals surface area contributed by atoms with E-state index in [1.807, 2.05) is 26.0 Å². The van der Waals surface area contributed by atoms with E-state index in [-0.39, 0.29) is 17.2 Å². The molecule has 0 saturated heterocycles. The van der Waals surface area contributed by atoms with Crippen LogP contribution < -0.4 is 14.8 Å². The maximum Gasteiger partial charge on any atom is 0.269 e. The second-order valence-corrected chi connectivity index (χ2v) is 8.72. The molecule has 3 aromatic rings. The minimum atomic E-state index is -3.79. The van der Waals surface area contributed by atoms with Crippen molar-refractivity contribution >= 4 is 33.0 Å². The Labute approximate surface area is 185 Å². The van der Waals surface area contributed by atoms with Gasteiger partial charge >= 0.3 is 0 Å². The number of benzene rings is 3. The van der Waals surface area contributed by atoms with Crippen LogP contribution in [0.4, 0.5) is 17.1 Å². The third-order valence-electron chi connectivity index (χ3n) is 4.49. The van der Waals surface area contributed by atoms with E-state index >= 15 is 0 Å². The highest BCUT2D eigenvalue weighted by atomic mass is 32.2. The first kappa shape index (κ1) is 22.8. The molecule has 3 aromatic carbocycles. The number of non-ortho nitro benzene ring substituents is 1. The normalized spacial score (nSPS) is 10.9. The summed E-state index contributed by atoms with van der Waals surface area (Å²) in [5, 5.41) is 13.2. The van der Waals surface area contributed by atoms with Crippen LogP contribution in [0.1, 0.15) is 11.1 Å². The van der Waals surface area contributed by atoms with Gasteiger partial charge in [-0.25, -0.2) is 8.42 Å². The molecule has 0 atom stereocenters. The fourth-order valence-corrected chi connectivity index (χ4v) is 3.99. The largest absolute Gasteiger partial charge is 0.484 e. The molecule has 32 heavy (non-hydrogen) atoms. The molecule has 2 N–H and O–H groups in total. The molecule has 0 fully saturated rings. The maximum absolute atomic E-state index is 12.6. The van der Waals surface area contributed by atoms with Crippen molar-refractivity contribution < 1.29 is 22.9 Å². The lowest BCUT2D eigenvalue weighted by Crippen LogP contribution is -2.20. The van der Waals surface area contributed by atoms with Gasteiger partial charge in [0, 0.05) is 17.8 Å². The molecular weight excluding hydrogens is 434 g/mol. The van der Waals surface area contributed by atoms with Gasteiger partial charge in [-0.3, -0.25) is 19.6 Å². The zero-order valence-corrected chi connectivity index (χ0v) is 18.2. The predicted octanol–water partition coefficient (Wildman–Crippen LogP) is 4.03. The van der Waals surface area contributed by atoms with Crippen molar-refractivity contribution in [2.75, 3.05) is 16.6 Å². The first-order valence-electron chi connectivity index (χ1n) is 9.51. The van der Waals surface area contributed by atoms with E-state index in [9.17, 15) is 23.3 Å². The molecule has 0 heterocycles. The average molecular weight is 455 g/mol. The van der Waals surface area contributed by atoms with Gasteiger partial charge in [0.15, 0.2) is 6.61 Å². The van der Waals surface area contributed by atoms with Crippen molar-refractivity contribution in [2.45, 2.75) is 18.7 Å². The molecular formula is C22H21N3O6S. The van der Waals surface area contributed by atoms with E-state index in [0.717, 1.165) is 11.1 Å². The number of hydrogen-bond acceptors (Lipinski definition) is 6. The van der Waals surface area contributed by atoms with Crippen molar-refractivity contribution in [3.8, 4) is 5.75 Å². The van der Waals surface area contributed by atoms with Crippen molar-refractivity contribution in [3.63, 3.8) is 0 Å². The van der Waals surface area contributed by atoms with Crippen LogP contribution in [-0.4, -0.2) is 25.9 Å². The van der Waals surface area contributed by atoms with Crippen LogP contribution in [0, 0.1) is 24.0 Å². The molecule has 0 aliphatic heterocycles. The maximum atomic E-state index is 12.6. The van der Waals surface area contributed by atoms with Gasteiger partial charge in [0.2, 0.25) is 0 Å². The molecule has 0 aromatic heterocycles. The van der Waals surface area contributed by atoms with Crippen molar-refractivity contribution in [2.24, 2.45) is 0 Å². The molecule has 3 rings (SSSR count). The average Bonchev–Trinajstić information content (AvgIpc) is 2.75. The zero-order valence-electron chi connectivity index (χ0n) is 17.4. The number of nitro groups is 1. The van der Waals surface area contributed by atoms with E-state index < -0.39 is 20.9 Å². The lowest BCUT2D eigenvalue weighted by Gasteiger charge is -2.12. The topological polar surface area (TPSA) is 128 Å². The van der Waals surface area contributed by atoms with Crippen molar-refractivity contribution in [1.29, 1.82) is 0 Å². The number of nitrogens with zero attached hydrogens (tertiary/aromatic N) is 1. The Balaban J connectivity index is 1.58. The fraction of sp³-hybridized carbons (Fsp3) is 0.136. The Morgan fingerprint density at radius 1 is 1.00 bits per heavy atom. The number of hydrogen-bond donors (Lipinski definition) is 2. The molecule has 0 spiro atoms. The third-order valence-corrected chi connectivity index (χ3v) is 5.87. The highest BCUT2D eigenvalue weighted by Crippen LogP contribution is 2.22. The minimum Gasteiger partial charge on any atom is -0.484 e. The lowest BCUT2D eigenvalue weighted by molar-refractivity contribution is -0.384. The molecule has 0 saturated carbocycles. The smallest absolute Gasteiger partial charge is 0.269 e. The summed E-state index contributed by atoms with van der Waals surface area (Å²) in [7, 11) is -3.79. The quantitative estimate of drug-likeness (QED) is 0.390. The number of amides is 1. The summed E-state index contributed by atoms with van der Waals surface area (Å²) >= 11 is 0. The van der Waals surface area contributed by atoms with Crippen LogP contribution in [0.15, 0.2) is 71.6 Å². The van der Waals surface area contributed by atoms with Crippen LogP contribution in [0.3, 0.4) is 0 Å². The predicted molar refractivity (Wildman–Crippen MR) is 120 cm³/mol. The number of rotatable bonds is 8. The Hall–Kier alpha value is -3.92. The SMILES string of the molecule is Cc1ccc(NS(=O)(=O)c2ccc(NC(=O)COc3ccc([N+](=O)[O-])cc3)cc2)c(C)c1. The fourth-order valence-electron chi connectivity index (χ4n) is 2.86. The summed E-state index contributed by atoms with van der Waals surface area (Å²) in [6, 6.07) is 16.5. The van der Waals surface area contributed by atoms with Crippen molar-refractivity contribution in [1.82, 2.24) is 0 Å². The molecule has 9 nitrogen and oxygen atoms in total. The van der Waals surface area contributed by atoms with Crippen LogP contribution in [0.2, 0.25) is 0 Å². The number of sulfonamides is 1. The second kappa shape index (κ2) is 9.48. The highest BCUT2D eigenvalue weighted by molar-refractivity contribution is 7.92. The van der Waals surface area contributed by atoms with Crippen LogP contribution >= 0.6 is 0 Å². The van der Waals surface area contributed by atoms with Gasteiger partial charge in [-0.1, -0.05) is 17.7 Å². The van der Waals surface area contributed by atoms with Crippen LogP contribution in [-0.2, 0) is 14.8 Å². The van der Waals surface area contributed by atoms with Gasteiger partial charge in [-0.2, -0.15) is 0 Å². The van der Waals surface area contributed by atoms with E-state index in [1.165, 1.54) is 48.5 Å². The van der Waals surface area contributed by atoms with Crippen molar-refractivity contribution in [3.05, 3.63) is 88.0 Å². The first-order chi connectivity index (χ1) is 15.1. The monoisotopic (exact) mass is 455 g/mol. The number of nitro benzene ring substituents is 1. The molecule has 166 valence electrons. The van der Waals surface area contributed by atoms with Gasteiger partial charge < -0.3 is 10.1 Å². The van der Waals surface area contributed by atoms with Crippen LogP contribution in [0.5, 0.6) is 5.75 Å². The number of aryl methyl sites for hydroxylation is 2. The Morgan fingerprint density at radius 3 is 2.25 bits per heavy atom. The number of carbonyl (C=O) groups is 1. The lowest BCUT2D eigenvalue weighted by atomic mass is 10.1. The Bertz CT molecular complexity index is 1240. The summed E-state index contributed by atoms with van der Waals surface area (Å²) in [5.74, 6) is -0.156. The molecule has 1 amide bonds. The summed E-state index contributed by atoms with van der Waals surface area (Å²) in [6.45, 7) is 3.43. The third kappa shape index (κ3) is 5.82. The summed E-state index contributed by atoms with van der Waals surface area (Å²) < 4.78 is 33.1. The molecule has 0 aliphatic carbocycles. The molecule has 0 bridgehead atoms. The van der Waals surface area contributed by atoms with Gasteiger partial charge in [0.1, 0.15) is 5.75 Å². The summed E-state index contributed by atoms with van der Waals surface area (Å²) in [4.78, 5) is 22.2. The second-order valence-electron chi connectivity index (χ2n) is 7.04. The van der Waals surface area contributed by atoms with Gasteiger partial charge in [0.05, 0.1) is 15.5 Å². The van der Waals surface area contributed by atoms with E-state index in [0.29, 0.717) is 17.1 Å². The summed E-state index contributed by atoms with van der Waals surface area (Å²) in [6.07, 6.45) is 0. The number of ether oxygens (including phenoxy) is 1. The van der Waals surface area contributed by atoms with Gasteiger partial charge in [-0.05, 0) is 61.9 Å². The van der Waals surface area contributed by atoms with Gasteiger partial charge in [0.25, 0.3) is 21.6 Å². The molecule has 0 unspecified atom stereocenters. The van der Waals surface area contributed by atoms with E-state index in [2.05, 4.69) is 10.0 Å². The summed E-state index contributed by atoms with van der Waals surface area (Å²) in [5.41, 5.74) is 2.65. The van der Waals surface area contributed by atoms with E-state index in [4.69, 9.17) is 4.74 Å². The van der Waals surface area contributed by atoms with Crippen LogP contribution in [0.25, 0.3) is 0 Å². The molecule has 10 heteroatoms. The zero-order chi connectivity index (χ0) is 23.3. The standard InChI is InChI=1S/C22H21N3O6S/c1-15-3-12-21(16(2)13-15)24-32(29,30)20-10-4-17(5-11-20)23-22(26)14-31-19-8-6-18(7-9-19)25(27)28/h3-13,24H,14H2,1-2H3,(H,23,26). The number of anilines is 2. The van der Waals surface area contributed by atoms with E-state index in [1.54, 1.807) is 6.07 Å². The molecule has 0 radical (unpaired) electrons. The minimum absolute atomic E-state index is 0.0533. The number of carbonyl (C=O) groups excluding carboxylic acids is 1. The van der Waals surface area contributed by atoms with Gasteiger partial charge in [-0.15, -0.1) is 0 Å².